The van der Waals surface area contributed by atoms with Crippen LogP contribution in [0.25, 0.3) is 0 Å². The van der Waals surface area contributed by atoms with Gasteiger partial charge in [-0.1, -0.05) is 39.7 Å². The molecule has 0 saturated carbocycles. The van der Waals surface area contributed by atoms with E-state index in [2.05, 4.69) is 15.9 Å². The van der Waals surface area contributed by atoms with Crippen LogP contribution >= 0.6 is 15.9 Å². The van der Waals surface area contributed by atoms with Crippen molar-refractivity contribution in [3.05, 3.63) is 58.6 Å². The second kappa shape index (κ2) is 9.17. The molecule has 24 heavy (non-hydrogen) atoms. The first-order valence-corrected chi connectivity index (χ1v) is 9.60. The Balaban J connectivity index is 1.63. The second-order valence-electron chi connectivity index (χ2n) is 5.01. The molecule has 0 bridgehead atoms. The lowest BCUT2D eigenvalue weighted by Gasteiger charge is -2.08. The fourth-order valence-electron chi connectivity index (χ4n) is 1.85. The summed E-state index contributed by atoms with van der Waals surface area (Å²) in [5.74, 6) is 0.742. The molecule has 0 aliphatic carbocycles. The third-order valence-electron chi connectivity index (χ3n) is 3.07. The Morgan fingerprint density at radius 2 is 1.67 bits per heavy atom. The molecule has 130 valence electrons. The lowest BCUT2D eigenvalue weighted by Crippen LogP contribution is -2.14. The molecule has 0 aromatic heterocycles. The van der Waals surface area contributed by atoms with Gasteiger partial charge in [0.2, 0.25) is 0 Å². The highest BCUT2D eigenvalue weighted by molar-refractivity contribution is 9.10. The number of hydrogen-bond donors (Lipinski definition) is 0. The first kappa shape index (κ1) is 18.9. The van der Waals surface area contributed by atoms with E-state index in [4.69, 9.17) is 13.7 Å². The monoisotopic (exact) mass is 414 g/mol. The summed E-state index contributed by atoms with van der Waals surface area (Å²) in [6, 6.07) is 14.0. The normalized spacial score (nSPS) is 11.4. The van der Waals surface area contributed by atoms with Crippen molar-refractivity contribution in [2.45, 2.75) is 11.8 Å². The van der Waals surface area contributed by atoms with Crippen molar-refractivity contribution >= 4 is 26.0 Å². The van der Waals surface area contributed by atoms with Crippen LogP contribution in [0.2, 0.25) is 0 Å². The van der Waals surface area contributed by atoms with Crippen LogP contribution in [-0.4, -0.2) is 34.8 Å². The lowest BCUT2D eigenvalue weighted by molar-refractivity contribution is 0.0779. The average molecular weight is 415 g/mol. The van der Waals surface area contributed by atoms with Gasteiger partial charge in [-0.2, -0.15) is 8.42 Å². The van der Waals surface area contributed by atoms with E-state index in [1.807, 2.05) is 31.2 Å². The van der Waals surface area contributed by atoms with Crippen LogP contribution in [0.3, 0.4) is 0 Å². The molecule has 2 aromatic carbocycles. The molecule has 0 heterocycles. The smallest absolute Gasteiger partial charge is 0.297 e. The quantitative estimate of drug-likeness (QED) is 0.463. The lowest BCUT2D eigenvalue weighted by atomic mass is 10.2. The first-order valence-electron chi connectivity index (χ1n) is 7.39. The summed E-state index contributed by atoms with van der Waals surface area (Å²) in [7, 11) is -3.73. The molecule has 0 spiro atoms. The Labute approximate surface area is 150 Å². The zero-order valence-electron chi connectivity index (χ0n) is 13.3. The van der Waals surface area contributed by atoms with Gasteiger partial charge in [0, 0.05) is 4.47 Å². The maximum absolute atomic E-state index is 11.9. The summed E-state index contributed by atoms with van der Waals surface area (Å²) in [4.78, 5) is 0.145. The highest BCUT2D eigenvalue weighted by Gasteiger charge is 2.14. The van der Waals surface area contributed by atoms with Gasteiger partial charge in [-0.15, -0.1) is 0 Å². The highest BCUT2D eigenvalue weighted by Crippen LogP contribution is 2.17. The van der Waals surface area contributed by atoms with Crippen LogP contribution in [0.15, 0.2) is 57.9 Å². The molecule has 0 aliphatic rings. The summed E-state index contributed by atoms with van der Waals surface area (Å²) in [6.45, 7) is 2.75. The van der Waals surface area contributed by atoms with Crippen LogP contribution in [0.5, 0.6) is 5.75 Å². The fraction of sp³-hybridized carbons (Fsp3) is 0.294. The van der Waals surface area contributed by atoms with Gasteiger partial charge in [-0.05, 0) is 37.3 Å². The molecule has 0 fully saturated rings. The van der Waals surface area contributed by atoms with Crippen LogP contribution in [-0.2, 0) is 19.0 Å². The van der Waals surface area contributed by atoms with Crippen molar-refractivity contribution in [1.82, 2.24) is 0 Å². The topological polar surface area (TPSA) is 61.8 Å². The van der Waals surface area contributed by atoms with Crippen molar-refractivity contribution < 1.29 is 22.1 Å². The van der Waals surface area contributed by atoms with Crippen molar-refractivity contribution in [1.29, 1.82) is 0 Å². The fourth-order valence-corrected chi connectivity index (χ4v) is 3.12. The highest BCUT2D eigenvalue weighted by atomic mass is 79.9. The average Bonchev–Trinajstić information content (AvgIpc) is 2.54. The minimum Gasteiger partial charge on any atom is -0.491 e. The summed E-state index contributed by atoms with van der Waals surface area (Å²) in [5.41, 5.74) is 0.989. The second-order valence-corrected chi connectivity index (χ2v) is 7.54. The molecule has 0 N–H and O–H groups in total. The third-order valence-corrected chi connectivity index (χ3v) is 4.89. The summed E-state index contributed by atoms with van der Waals surface area (Å²) < 4.78 is 40.6. The summed E-state index contributed by atoms with van der Waals surface area (Å²) in [5, 5.41) is 0. The third kappa shape index (κ3) is 6.24. The van der Waals surface area contributed by atoms with E-state index in [0.29, 0.717) is 13.2 Å². The summed E-state index contributed by atoms with van der Waals surface area (Å²) >= 11 is 3.36. The Hall–Kier alpha value is -1.41. The van der Waals surface area contributed by atoms with Crippen molar-refractivity contribution in [2.75, 3.05) is 26.4 Å². The number of hydrogen-bond acceptors (Lipinski definition) is 5. The van der Waals surface area contributed by atoms with Gasteiger partial charge in [0.15, 0.2) is 0 Å². The molecule has 7 heteroatoms. The minimum atomic E-state index is -3.73. The van der Waals surface area contributed by atoms with Gasteiger partial charge in [0.05, 0.1) is 24.7 Å². The molecular formula is C17H19BrO5S. The maximum Gasteiger partial charge on any atom is 0.297 e. The zero-order valence-corrected chi connectivity index (χ0v) is 15.7. The van der Waals surface area contributed by atoms with E-state index in [-0.39, 0.29) is 18.1 Å². The van der Waals surface area contributed by atoms with Crippen LogP contribution in [0.1, 0.15) is 5.56 Å². The van der Waals surface area contributed by atoms with Crippen LogP contribution < -0.4 is 4.74 Å². The van der Waals surface area contributed by atoms with E-state index in [1.165, 1.54) is 12.1 Å². The van der Waals surface area contributed by atoms with E-state index >= 15 is 0 Å². The number of aryl methyl sites for hydroxylation is 1. The molecule has 0 unspecified atom stereocenters. The zero-order chi connectivity index (χ0) is 17.4. The molecular weight excluding hydrogens is 396 g/mol. The SMILES string of the molecule is Cc1ccc(S(=O)(=O)OCCOCCOc2cccc(Br)c2)cc1. The van der Waals surface area contributed by atoms with Crippen LogP contribution in [0.4, 0.5) is 0 Å². The predicted octanol–water partition coefficient (Wildman–Crippen LogP) is 3.56. The maximum atomic E-state index is 11.9. The van der Waals surface area contributed by atoms with Crippen molar-refractivity contribution in [3.63, 3.8) is 0 Å². The van der Waals surface area contributed by atoms with Gasteiger partial charge in [0.1, 0.15) is 12.4 Å². The number of ether oxygens (including phenoxy) is 2. The van der Waals surface area contributed by atoms with Gasteiger partial charge in [-0.3, -0.25) is 4.18 Å². The molecule has 2 aromatic rings. The Morgan fingerprint density at radius 1 is 0.958 bits per heavy atom. The Morgan fingerprint density at radius 3 is 2.38 bits per heavy atom. The molecule has 0 atom stereocenters. The minimum absolute atomic E-state index is 0.0346. The molecule has 0 aliphatic heterocycles. The van der Waals surface area contributed by atoms with E-state index < -0.39 is 10.1 Å². The predicted molar refractivity (Wildman–Crippen MR) is 94.8 cm³/mol. The van der Waals surface area contributed by atoms with Crippen molar-refractivity contribution in [2.24, 2.45) is 0 Å². The van der Waals surface area contributed by atoms with Crippen molar-refractivity contribution in [3.8, 4) is 5.75 Å². The van der Waals surface area contributed by atoms with E-state index in [0.717, 1.165) is 15.8 Å². The number of rotatable bonds is 9. The van der Waals surface area contributed by atoms with Gasteiger partial charge in [-0.25, -0.2) is 0 Å². The van der Waals surface area contributed by atoms with Gasteiger partial charge < -0.3 is 9.47 Å². The number of halogens is 1. The van der Waals surface area contributed by atoms with Gasteiger partial charge in [0.25, 0.3) is 10.1 Å². The first-order chi connectivity index (χ1) is 11.5. The molecule has 0 amide bonds. The Kier molecular flexibility index (Phi) is 7.23. The van der Waals surface area contributed by atoms with E-state index in [9.17, 15) is 8.42 Å². The van der Waals surface area contributed by atoms with Gasteiger partial charge >= 0.3 is 0 Å². The Bertz CT molecular complexity index is 744. The number of benzene rings is 2. The summed E-state index contributed by atoms with van der Waals surface area (Å²) in [6.07, 6.45) is 0. The van der Waals surface area contributed by atoms with Crippen LogP contribution in [0, 0.1) is 6.92 Å². The molecule has 2 rings (SSSR count). The van der Waals surface area contributed by atoms with E-state index in [1.54, 1.807) is 12.1 Å². The molecule has 0 radical (unpaired) electrons. The standard InChI is InChI=1S/C17H19BrO5S/c1-14-5-7-17(8-6-14)24(19,20)23-12-10-21-9-11-22-16-4-2-3-15(18)13-16/h2-8,13H,9-12H2,1H3. The molecule has 0 saturated heterocycles. The molecule has 5 nitrogen and oxygen atoms in total. The largest absolute Gasteiger partial charge is 0.491 e.